The Morgan fingerprint density at radius 3 is 2.36 bits per heavy atom. The first kappa shape index (κ1) is 19.9. The van der Waals surface area contributed by atoms with Gasteiger partial charge in [0.15, 0.2) is 11.5 Å². The molecule has 0 fully saturated rings. The summed E-state index contributed by atoms with van der Waals surface area (Å²) in [6.07, 6.45) is 1.90. The molecule has 0 unspecified atom stereocenters. The van der Waals surface area contributed by atoms with Gasteiger partial charge in [-0.25, -0.2) is 0 Å². The van der Waals surface area contributed by atoms with Crippen LogP contribution in [0, 0.1) is 0 Å². The topological polar surface area (TPSA) is 60.6 Å². The van der Waals surface area contributed by atoms with Gasteiger partial charge in [0.2, 0.25) is 11.7 Å². The smallest absolute Gasteiger partial charge is 0.241 e. The van der Waals surface area contributed by atoms with E-state index in [1.54, 1.807) is 14.2 Å². The van der Waals surface area contributed by atoms with Gasteiger partial charge < -0.3 is 14.0 Å². The molecule has 1 heterocycles. The second kappa shape index (κ2) is 9.37. The lowest BCUT2D eigenvalue weighted by Crippen LogP contribution is -2.21. The molecule has 3 rings (SSSR count). The zero-order chi connectivity index (χ0) is 19.9. The zero-order valence-corrected chi connectivity index (χ0v) is 16.9. The number of nitrogens with zero attached hydrogens (tertiary/aromatic N) is 3. The predicted molar refractivity (Wildman–Crippen MR) is 109 cm³/mol. The molecule has 0 aliphatic carbocycles. The molecule has 0 saturated heterocycles. The molecule has 0 aliphatic rings. The van der Waals surface area contributed by atoms with Gasteiger partial charge in [-0.2, -0.15) is 4.98 Å². The van der Waals surface area contributed by atoms with Gasteiger partial charge in [-0.05, 0) is 43.1 Å². The molecule has 0 amide bonds. The number of aryl methyl sites for hydroxylation is 1. The molecule has 1 aromatic heterocycles. The van der Waals surface area contributed by atoms with E-state index in [0.29, 0.717) is 18.3 Å². The van der Waals surface area contributed by atoms with Gasteiger partial charge in [-0.3, -0.25) is 4.90 Å². The molecule has 0 atom stereocenters. The van der Waals surface area contributed by atoms with Crippen molar-refractivity contribution in [2.24, 2.45) is 0 Å². The molecule has 0 aliphatic heterocycles. The van der Waals surface area contributed by atoms with Crippen LogP contribution in [0.2, 0.25) is 0 Å². The molecular formula is C22H27N3O3. The molecular weight excluding hydrogens is 354 g/mol. The van der Waals surface area contributed by atoms with Crippen LogP contribution in [0.3, 0.4) is 0 Å². The van der Waals surface area contributed by atoms with E-state index in [1.807, 2.05) is 31.3 Å². The third kappa shape index (κ3) is 4.89. The summed E-state index contributed by atoms with van der Waals surface area (Å²) >= 11 is 0. The van der Waals surface area contributed by atoms with E-state index in [1.165, 1.54) is 11.1 Å². The van der Waals surface area contributed by atoms with Gasteiger partial charge >= 0.3 is 0 Å². The molecule has 6 nitrogen and oxygen atoms in total. The molecule has 0 saturated carbocycles. The van der Waals surface area contributed by atoms with Crippen LogP contribution in [0.15, 0.2) is 47.0 Å². The number of methoxy groups -OCH3 is 2. The number of hydrogen-bond donors (Lipinski definition) is 0. The van der Waals surface area contributed by atoms with Gasteiger partial charge in [-0.15, -0.1) is 0 Å². The van der Waals surface area contributed by atoms with E-state index in [0.717, 1.165) is 36.4 Å². The maximum atomic E-state index is 5.43. The molecule has 0 bridgehead atoms. The summed E-state index contributed by atoms with van der Waals surface area (Å²) in [5.41, 5.74) is 3.45. The highest BCUT2D eigenvalue weighted by molar-refractivity contribution is 5.54. The van der Waals surface area contributed by atoms with Crippen molar-refractivity contribution in [1.82, 2.24) is 15.0 Å². The van der Waals surface area contributed by atoms with E-state index in [9.17, 15) is 0 Å². The van der Waals surface area contributed by atoms with Crippen LogP contribution in [0.5, 0.6) is 11.5 Å². The van der Waals surface area contributed by atoms with Crippen LogP contribution >= 0.6 is 0 Å². The minimum Gasteiger partial charge on any atom is -0.493 e. The van der Waals surface area contributed by atoms with E-state index < -0.39 is 0 Å². The standard InChI is InChI=1S/C22H27N3O3/c1-5-16-6-9-18(10-7-16)22-23-21(28-24-22)15-25(2)13-12-17-8-11-19(26-3)20(14-17)27-4/h6-11,14H,5,12-13,15H2,1-4H3. The molecule has 0 spiro atoms. The number of rotatable bonds is 9. The fourth-order valence-electron chi connectivity index (χ4n) is 2.99. The summed E-state index contributed by atoms with van der Waals surface area (Å²) in [5.74, 6) is 2.73. The quantitative estimate of drug-likeness (QED) is 0.558. The summed E-state index contributed by atoms with van der Waals surface area (Å²) in [5, 5.41) is 4.11. The highest BCUT2D eigenvalue weighted by atomic mass is 16.5. The monoisotopic (exact) mass is 381 g/mol. The molecule has 0 radical (unpaired) electrons. The van der Waals surface area contributed by atoms with Crippen molar-refractivity contribution in [3.63, 3.8) is 0 Å². The van der Waals surface area contributed by atoms with Crippen molar-refractivity contribution in [3.8, 4) is 22.9 Å². The Morgan fingerprint density at radius 1 is 0.964 bits per heavy atom. The fourth-order valence-corrected chi connectivity index (χ4v) is 2.99. The molecule has 6 heteroatoms. The Bertz CT molecular complexity index is 890. The number of hydrogen-bond acceptors (Lipinski definition) is 6. The van der Waals surface area contributed by atoms with Gasteiger partial charge in [-0.1, -0.05) is 42.4 Å². The molecule has 0 N–H and O–H groups in total. The van der Waals surface area contributed by atoms with Gasteiger partial charge in [0.1, 0.15) is 0 Å². The third-order valence-electron chi connectivity index (χ3n) is 4.72. The van der Waals surface area contributed by atoms with Crippen molar-refractivity contribution in [2.45, 2.75) is 26.3 Å². The van der Waals surface area contributed by atoms with Crippen molar-refractivity contribution in [3.05, 3.63) is 59.5 Å². The maximum absolute atomic E-state index is 5.43. The minimum atomic E-state index is 0.604. The zero-order valence-electron chi connectivity index (χ0n) is 16.9. The Labute approximate surface area is 166 Å². The second-order valence-corrected chi connectivity index (χ2v) is 6.74. The predicted octanol–water partition coefficient (Wildman–Crippen LogP) is 3.99. The van der Waals surface area contributed by atoms with Crippen LogP contribution in [0.25, 0.3) is 11.4 Å². The Kier molecular flexibility index (Phi) is 6.66. The maximum Gasteiger partial charge on any atom is 0.241 e. The molecule has 28 heavy (non-hydrogen) atoms. The first-order valence-electron chi connectivity index (χ1n) is 9.44. The van der Waals surface area contributed by atoms with Crippen LogP contribution in [-0.4, -0.2) is 42.9 Å². The summed E-state index contributed by atoms with van der Waals surface area (Å²) in [4.78, 5) is 6.69. The molecule has 2 aromatic carbocycles. The van der Waals surface area contributed by atoms with Crippen molar-refractivity contribution >= 4 is 0 Å². The van der Waals surface area contributed by atoms with Crippen molar-refractivity contribution < 1.29 is 14.0 Å². The van der Waals surface area contributed by atoms with Crippen LogP contribution < -0.4 is 9.47 Å². The SMILES string of the molecule is CCc1ccc(-c2noc(CN(C)CCc3ccc(OC)c(OC)c3)n2)cc1. The Balaban J connectivity index is 1.56. The third-order valence-corrected chi connectivity index (χ3v) is 4.72. The fraction of sp³-hybridized carbons (Fsp3) is 0.364. The van der Waals surface area contributed by atoms with E-state index in [-0.39, 0.29) is 0 Å². The second-order valence-electron chi connectivity index (χ2n) is 6.74. The minimum absolute atomic E-state index is 0.604. The number of benzene rings is 2. The van der Waals surface area contributed by atoms with Crippen LogP contribution in [0.1, 0.15) is 23.9 Å². The van der Waals surface area contributed by atoms with Gasteiger partial charge in [0.05, 0.1) is 20.8 Å². The summed E-state index contributed by atoms with van der Waals surface area (Å²) in [6.45, 7) is 3.60. The Hall–Kier alpha value is -2.86. The summed E-state index contributed by atoms with van der Waals surface area (Å²) in [6, 6.07) is 14.3. The van der Waals surface area contributed by atoms with Crippen molar-refractivity contribution in [2.75, 3.05) is 27.8 Å². The van der Waals surface area contributed by atoms with Crippen LogP contribution in [-0.2, 0) is 19.4 Å². The lowest BCUT2D eigenvalue weighted by atomic mass is 10.1. The van der Waals surface area contributed by atoms with Gasteiger partial charge in [0.25, 0.3) is 0 Å². The first-order valence-corrected chi connectivity index (χ1v) is 9.44. The normalized spacial score (nSPS) is 11.0. The lowest BCUT2D eigenvalue weighted by molar-refractivity contribution is 0.269. The summed E-state index contributed by atoms with van der Waals surface area (Å²) in [7, 11) is 5.33. The van der Waals surface area contributed by atoms with Crippen molar-refractivity contribution in [1.29, 1.82) is 0 Å². The first-order chi connectivity index (χ1) is 13.6. The highest BCUT2D eigenvalue weighted by Gasteiger charge is 2.11. The lowest BCUT2D eigenvalue weighted by Gasteiger charge is -2.15. The molecule has 3 aromatic rings. The average molecular weight is 381 g/mol. The summed E-state index contributed by atoms with van der Waals surface area (Å²) < 4.78 is 16.1. The molecule has 148 valence electrons. The van der Waals surface area contributed by atoms with Crippen LogP contribution in [0.4, 0.5) is 0 Å². The highest BCUT2D eigenvalue weighted by Crippen LogP contribution is 2.27. The van der Waals surface area contributed by atoms with E-state index in [4.69, 9.17) is 14.0 Å². The van der Waals surface area contributed by atoms with E-state index >= 15 is 0 Å². The number of aromatic nitrogens is 2. The number of ether oxygens (including phenoxy) is 2. The average Bonchev–Trinajstić information content (AvgIpc) is 3.20. The van der Waals surface area contributed by atoms with E-state index in [2.05, 4.69) is 40.2 Å². The number of likely N-dealkylation sites (N-methyl/N-ethyl adjacent to an activating group) is 1. The largest absolute Gasteiger partial charge is 0.493 e. The Morgan fingerprint density at radius 2 is 1.68 bits per heavy atom. The van der Waals surface area contributed by atoms with Gasteiger partial charge in [0, 0.05) is 12.1 Å².